The molecule has 0 bridgehead atoms. The third-order valence-electron chi connectivity index (χ3n) is 2.55. The highest BCUT2D eigenvalue weighted by molar-refractivity contribution is 5.74. The summed E-state index contributed by atoms with van der Waals surface area (Å²) in [6.07, 6.45) is 1.54. The van der Waals surface area contributed by atoms with Crippen LogP contribution in [0.25, 0.3) is 16.8 Å². The van der Waals surface area contributed by atoms with E-state index in [4.69, 9.17) is 0 Å². The Morgan fingerprint density at radius 1 is 1.18 bits per heavy atom. The van der Waals surface area contributed by atoms with Crippen LogP contribution in [0.5, 0.6) is 0 Å². The number of hydrogen-bond acceptors (Lipinski definition) is 4. The smallest absolute Gasteiger partial charge is 0.244 e. The van der Waals surface area contributed by atoms with E-state index in [1.165, 1.54) is 15.4 Å². The molecule has 6 heteroatoms. The average Bonchev–Trinajstić information content (AvgIpc) is 2.84. The van der Waals surface area contributed by atoms with Crippen LogP contribution in [0.15, 0.2) is 41.3 Å². The summed E-state index contributed by atoms with van der Waals surface area (Å²) in [6, 6.07) is 9.63. The van der Waals surface area contributed by atoms with Gasteiger partial charge in [0.25, 0.3) is 0 Å². The van der Waals surface area contributed by atoms with Gasteiger partial charge in [0.1, 0.15) is 11.2 Å². The number of aromatic nitrogens is 5. The van der Waals surface area contributed by atoms with E-state index < -0.39 is 0 Å². The van der Waals surface area contributed by atoms with Crippen LogP contribution in [-0.2, 0) is 7.05 Å². The Kier molecular flexibility index (Phi) is 2.01. The van der Waals surface area contributed by atoms with Gasteiger partial charge in [-0.3, -0.25) is 0 Å². The lowest BCUT2D eigenvalue weighted by Gasteiger charge is -2.04. The van der Waals surface area contributed by atoms with Gasteiger partial charge in [0.15, 0.2) is 0 Å². The third-order valence-corrected chi connectivity index (χ3v) is 2.55. The van der Waals surface area contributed by atoms with Crippen molar-refractivity contribution in [2.24, 2.45) is 7.05 Å². The van der Waals surface area contributed by atoms with Crippen LogP contribution in [0, 0.1) is 0 Å². The predicted octanol–water partition coefficient (Wildman–Crippen LogP) is 0.490. The number of fused-ring (bicyclic) bond motifs is 1. The predicted molar refractivity (Wildman–Crippen MR) is 61.5 cm³/mol. The zero-order chi connectivity index (χ0) is 11.8. The minimum Gasteiger partial charge on any atom is -0.244 e. The Balaban J connectivity index is 2.42. The molecule has 0 saturated carbocycles. The number of benzene rings is 1. The maximum absolute atomic E-state index is 11.7. The number of rotatable bonds is 1. The normalized spacial score (nSPS) is 10.9. The summed E-state index contributed by atoms with van der Waals surface area (Å²) in [4.78, 5) is 11.7. The minimum absolute atomic E-state index is 0.308. The first-order chi connectivity index (χ1) is 8.27. The second-order valence-corrected chi connectivity index (χ2v) is 3.65. The van der Waals surface area contributed by atoms with E-state index in [9.17, 15) is 4.79 Å². The van der Waals surface area contributed by atoms with Crippen molar-refractivity contribution >= 4 is 5.52 Å². The van der Waals surface area contributed by atoms with Gasteiger partial charge in [-0.15, -0.1) is 5.10 Å². The molecule has 84 valence electrons. The molecule has 0 unspecified atom stereocenters. The Bertz CT molecular complexity index is 728. The van der Waals surface area contributed by atoms with Gasteiger partial charge in [-0.2, -0.15) is 9.61 Å². The van der Waals surface area contributed by atoms with Crippen molar-refractivity contribution in [3.8, 4) is 11.3 Å². The first kappa shape index (κ1) is 9.71. The Morgan fingerprint density at radius 2 is 1.94 bits per heavy atom. The van der Waals surface area contributed by atoms with Crippen LogP contribution >= 0.6 is 0 Å². The van der Waals surface area contributed by atoms with Gasteiger partial charge < -0.3 is 0 Å². The van der Waals surface area contributed by atoms with Crippen molar-refractivity contribution in [3.63, 3.8) is 0 Å². The standard InChI is InChI=1S/C11H9N5O/c1-15-11(17)16-9(7-12-14-16)10(13-15)8-5-3-2-4-6-8/h2-7H,1H3. The Labute approximate surface area is 96.1 Å². The molecule has 0 atom stereocenters. The summed E-state index contributed by atoms with van der Waals surface area (Å²) in [6.45, 7) is 0. The molecule has 0 amide bonds. The highest BCUT2D eigenvalue weighted by Gasteiger charge is 2.11. The first-order valence-electron chi connectivity index (χ1n) is 5.10. The second kappa shape index (κ2) is 3.51. The van der Waals surface area contributed by atoms with E-state index in [1.54, 1.807) is 7.05 Å². The van der Waals surface area contributed by atoms with Crippen molar-refractivity contribution in [2.45, 2.75) is 0 Å². The molecule has 0 spiro atoms. The highest BCUT2D eigenvalue weighted by Crippen LogP contribution is 2.19. The summed E-state index contributed by atoms with van der Waals surface area (Å²) >= 11 is 0. The molecule has 17 heavy (non-hydrogen) atoms. The van der Waals surface area contributed by atoms with Crippen molar-refractivity contribution < 1.29 is 0 Å². The molecule has 2 heterocycles. The average molecular weight is 227 g/mol. The summed E-state index contributed by atoms with van der Waals surface area (Å²) in [7, 11) is 1.59. The molecule has 0 aliphatic heterocycles. The van der Waals surface area contributed by atoms with Crippen LogP contribution in [0.3, 0.4) is 0 Å². The molecule has 1 aromatic carbocycles. The van der Waals surface area contributed by atoms with Gasteiger partial charge in [0, 0.05) is 12.6 Å². The zero-order valence-electron chi connectivity index (χ0n) is 9.11. The minimum atomic E-state index is -0.308. The van der Waals surface area contributed by atoms with Crippen LogP contribution in [0.1, 0.15) is 0 Å². The van der Waals surface area contributed by atoms with E-state index in [2.05, 4.69) is 15.4 Å². The third kappa shape index (κ3) is 1.42. The van der Waals surface area contributed by atoms with Crippen LogP contribution in [0.4, 0.5) is 0 Å². The van der Waals surface area contributed by atoms with Crippen LogP contribution in [-0.4, -0.2) is 24.6 Å². The Hall–Kier alpha value is -2.50. The van der Waals surface area contributed by atoms with E-state index in [1.807, 2.05) is 30.3 Å². The van der Waals surface area contributed by atoms with Gasteiger partial charge in [-0.05, 0) is 0 Å². The van der Waals surface area contributed by atoms with Crippen molar-refractivity contribution in [1.29, 1.82) is 0 Å². The summed E-state index contributed by atoms with van der Waals surface area (Å²) in [5.41, 5.74) is 1.92. The summed E-state index contributed by atoms with van der Waals surface area (Å²) in [5.74, 6) is 0. The molecule has 0 aliphatic carbocycles. The van der Waals surface area contributed by atoms with Gasteiger partial charge in [0.2, 0.25) is 0 Å². The topological polar surface area (TPSA) is 65.1 Å². The molecule has 0 N–H and O–H groups in total. The fraction of sp³-hybridized carbons (Fsp3) is 0.0909. The largest absolute Gasteiger partial charge is 0.366 e. The first-order valence-corrected chi connectivity index (χ1v) is 5.10. The quantitative estimate of drug-likeness (QED) is 0.607. The number of nitrogens with zero attached hydrogens (tertiary/aromatic N) is 5. The van der Waals surface area contributed by atoms with Crippen molar-refractivity contribution in [3.05, 3.63) is 47.0 Å². The molecular formula is C11H9N5O. The monoisotopic (exact) mass is 227 g/mol. The highest BCUT2D eigenvalue weighted by atomic mass is 16.2. The van der Waals surface area contributed by atoms with E-state index in [-0.39, 0.29) is 5.69 Å². The zero-order valence-corrected chi connectivity index (χ0v) is 9.11. The summed E-state index contributed by atoms with van der Waals surface area (Å²) < 4.78 is 2.50. The SMILES string of the molecule is Cn1nc(-c2ccccc2)c2cnnn2c1=O. The molecule has 3 aromatic rings. The van der Waals surface area contributed by atoms with E-state index >= 15 is 0 Å². The van der Waals surface area contributed by atoms with Crippen LogP contribution < -0.4 is 5.69 Å². The van der Waals surface area contributed by atoms with Crippen molar-refractivity contribution in [2.75, 3.05) is 0 Å². The summed E-state index contributed by atoms with van der Waals surface area (Å²) in [5, 5.41) is 11.8. The van der Waals surface area contributed by atoms with Gasteiger partial charge in [-0.1, -0.05) is 35.5 Å². The van der Waals surface area contributed by atoms with Crippen molar-refractivity contribution in [1.82, 2.24) is 24.6 Å². The fourth-order valence-electron chi connectivity index (χ4n) is 1.72. The fourth-order valence-corrected chi connectivity index (χ4v) is 1.72. The molecule has 0 radical (unpaired) electrons. The van der Waals surface area contributed by atoms with Gasteiger partial charge >= 0.3 is 5.69 Å². The lowest BCUT2D eigenvalue weighted by Crippen LogP contribution is -2.27. The van der Waals surface area contributed by atoms with Crippen LogP contribution in [0.2, 0.25) is 0 Å². The molecule has 0 saturated heterocycles. The van der Waals surface area contributed by atoms with Gasteiger partial charge in [-0.25, -0.2) is 9.48 Å². The maximum Gasteiger partial charge on any atom is 0.366 e. The molecule has 0 fully saturated rings. The second-order valence-electron chi connectivity index (χ2n) is 3.65. The molecule has 3 rings (SSSR count). The maximum atomic E-state index is 11.7. The lowest BCUT2D eigenvalue weighted by molar-refractivity contribution is 0.636. The molecule has 2 aromatic heterocycles. The lowest BCUT2D eigenvalue weighted by atomic mass is 10.1. The number of aryl methyl sites for hydroxylation is 1. The molecule has 0 aliphatic rings. The van der Waals surface area contributed by atoms with E-state index in [0.29, 0.717) is 11.2 Å². The molecular weight excluding hydrogens is 218 g/mol. The Morgan fingerprint density at radius 3 is 2.71 bits per heavy atom. The van der Waals surface area contributed by atoms with E-state index in [0.717, 1.165) is 5.56 Å². The van der Waals surface area contributed by atoms with Gasteiger partial charge in [0.05, 0.1) is 6.20 Å². The number of hydrogen-bond donors (Lipinski definition) is 0. The molecule has 6 nitrogen and oxygen atoms in total.